The van der Waals surface area contributed by atoms with Gasteiger partial charge in [0.2, 0.25) is 0 Å². The molecule has 2 aromatic carbocycles. The molecule has 2 aromatic rings. The first-order valence-corrected chi connectivity index (χ1v) is 12.6. The van der Waals surface area contributed by atoms with Crippen LogP contribution in [0.3, 0.4) is 0 Å². The number of benzene rings is 2. The van der Waals surface area contributed by atoms with E-state index in [1.165, 1.54) is 18.6 Å². The molecule has 1 saturated carbocycles. The number of likely N-dealkylation sites (tertiary alicyclic amines) is 1. The molecular weight excluding hydrogens is 429 g/mol. The third-order valence-electron chi connectivity index (χ3n) is 7.05. The standard InChI is InChI=1S/C28H38FN3O2/c1-20(2)19-34-26-13-9-21(10-14-26)15-30-28(33)32(16-22-7-11-25(29)12-8-22)27-23-5-4-6-24(27)18-31(3)17-23/h7-14,20,23-24,27H,4-6,15-19H2,1-3H3,(H,30,33)/t23-,24+,27-. The van der Waals surface area contributed by atoms with E-state index >= 15 is 0 Å². The van der Waals surface area contributed by atoms with Gasteiger partial charge in [-0.05, 0) is 73.0 Å². The van der Waals surface area contributed by atoms with Crippen LogP contribution in [0.15, 0.2) is 48.5 Å². The first-order chi connectivity index (χ1) is 16.4. The SMILES string of the molecule is CC(C)COc1ccc(CNC(=O)N(Cc2ccc(F)cc2)[C@@H]2[C@@H]3CCC[C@H]2CN(C)C3)cc1. The summed E-state index contributed by atoms with van der Waals surface area (Å²) in [5, 5.41) is 3.16. The van der Waals surface area contributed by atoms with Gasteiger partial charge in [-0.1, -0.05) is 44.5 Å². The van der Waals surface area contributed by atoms with Crippen molar-refractivity contribution in [2.45, 2.75) is 52.2 Å². The minimum Gasteiger partial charge on any atom is -0.493 e. The molecule has 0 radical (unpaired) electrons. The summed E-state index contributed by atoms with van der Waals surface area (Å²) in [7, 11) is 2.18. The summed E-state index contributed by atoms with van der Waals surface area (Å²) in [6.07, 6.45) is 3.53. The average molecular weight is 468 g/mol. The molecule has 1 heterocycles. The summed E-state index contributed by atoms with van der Waals surface area (Å²) >= 11 is 0. The van der Waals surface area contributed by atoms with Gasteiger partial charge in [0.05, 0.1) is 6.61 Å². The molecule has 1 saturated heterocycles. The van der Waals surface area contributed by atoms with Crippen LogP contribution in [0.4, 0.5) is 9.18 Å². The molecule has 2 fully saturated rings. The van der Waals surface area contributed by atoms with Crippen LogP contribution in [0.2, 0.25) is 0 Å². The van der Waals surface area contributed by atoms with Gasteiger partial charge in [-0.25, -0.2) is 9.18 Å². The van der Waals surface area contributed by atoms with Crippen LogP contribution in [0.25, 0.3) is 0 Å². The number of nitrogens with one attached hydrogen (secondary N) is 1. The Morgan fingerprint density at radius 3 is 2.29 bits per heavy atom. The molecule has 2 bridgehead atoms. The van der Waals surface area contributed by atoms with E-state index in [0.29, 0.717) is 37.5 Å². The fourth-order valence-corrected chi connectivity index (χ4v) is 5.50. The van der Waals surface area contributed by atoms with E-state index < -0.39 is 0 Å². The minimum absolute atomic E-state index is 0.0455. The summed E-state index contributed by atoms with van der Waals surface area (Å²) in [6, 6.07) is 14.6. The molecule has 1 aliphatic carbocycles. The molecule has 34 heavy (non-hydrogen) atoms. The maximum absolute atomic E-state index is 13.5. The van der Waals surface area contributed by atoms with E-state index in [2.05, 4.69) is 31.1 Å². The Morgan fingerprint density at radius 1 is 1.06 bits per heavy atom. The van der Waals surface area contributed by atoms with Crippen molar-refractivity contribution in [3.8, 4) is 5.75 Å². The molecule has 3 atom stereocenters. The number of hydrogen-bond acceptors (Lipinski definition) is 3. The zero-order valence-corrected chi connectivity index (χ0v) is 20.7. The maximum Gasteiger partial charge on any atom is 0.318 e. The Hall–Kier alpha value is -2.60. The van der Waals surface area contributed by atoms with Gasteiger partial charge in [-0.3, -0.25) is 0 Å². The van der Waals surface area contributed by atoms with E-state index in [4.69, 9.17) is 4.74 Å². The topological polar surface area (TPSA) is 44.8 Å². The van der Waals surface area contributed by atoms with E-state index in [0.717, 1.165) is 42.8 Å². The quantitative estimate of drug-likeness (QED) is 0.573. The number of nitrogens with zero attached hydrogens (tertiary/aromatic N) is 2. The molecule has 6 heteroatoms. The average Bonchev–Trinajstić information content (AvgIpc) is 2.81. The number of carbonyl (C=O) groups is 1. The van der Waals surface area contributed by atoms with Gasteiger partial charge in [-0.15, -0.1) is 0 Å². The Kier molecular flexibility index (Phi) is 8.09. The van der Waals surface area contributed by atoms with Gasteiger partial charge in [0.25, 0.3) is 0 Å². The number of ether oxygens (including phenoxy) is 1. The third kappa shape index (κ3) is 6.29. The lowest BCUT2D eigenvalue weighted by Crippen LogP contribution is -2.60. The number of rotatable bonds is 8. The maximum atomic E-state index is 13.5. The Morgan fingerprint density at radius 2 is 1.68 bits per heavy atom. The van der Waals surface area contributed by atoms with Crippen molar-refractivity contribution in [1.82, 2.24) is 15.1 Å². The highest BCUT2D eigenvalue weighted by atomic mass is 19.1. The number of urea groups is 1. The van der Waals surface area contributed by atoms with Crippen LogP contribution in [0.1, 0.15) is 44.2 Å². The molecule has 1 N–H and O–H groups in total. The van der Waals surface area contributed by atoms with Crippen molar-refractivity contribution >= 4 is 6.03 Å². The molecule has 0 unspecified atom stereocenters. The number of hydrogen-bond donors (Lipinski definition) is 1. The highest BCUT2D eigenvalue weighted by molar-refractivity contribution is 5.74. The second-order valence-electron chi connectivity index (χ2n) is 10.4. The highest BCUT2D eigenvalue weighted by Gasteiger charge is 2.43. The van der Waals surface area contributed by atoms with Crippen LogP contribution < -0.4 is 10.1 Å². The zero-order valence-electron chi connectivity index (χ0n) is 20.7. The summed E-state index contributed by atoms with van der Waals surface area (Å²) in [4.78, 5) is 18.0. The molecular formula is C28H38FN3O2. The van der Waals surface area contributed by atoms with Crippen molar-refractivity contribution < 1.29 is 13.9 Å². The summed E-state index contributed by atoms with van der Waals surface area (Å²) in [5.41, 5.74) is 2.00. The molecule has 2 aliphatic rings. The lowest BCUT2D eigenvalue weighted by atomic mass is 9.72. The van der Waals surface area contributed by atoms with Crippen LogP contribution >= 0.6 is 0 Å². The first kappa shape index (κ1) is 24.5. The van der Waals surface area contributed by atoms with Gasteiger partial charge >= 0.3 is 6.03 Å². The fourth-order valence-electron chi connectivity index (χ4n) is 5.50. The molecule has 5 nitrogen and oxygen atoms in total. The second-order valence-corrected chi connectivity index (χ2v) is 10.4. The number of halogens is 1. The lowest BCUT2D eigenvalue weighted by molar-refractivity contribution is 0.00398. The third-order valence-corrected chi connectivity index (χ3v) is 7.05. The molecule has 184 valence electrons. The number of carbonyl (C=O) groups excluding carboxylic acids is 1. The van der Waals surface area contributed by atoms with Crippen LogP contribution in [0, 0.1) is 23.6 Å². The predicted octanol–water partition coefficient (Wildman–Crippen LogP) is 5.30. The summed E-state index contributed by atoms with van der Waals surface area (Å²) in [5.74, 6) is 2.02. The molecule has 4 rings (SSSR count). The van der Waals surface area contributed by atoms with Crippen molar-refractivity contribution in [3.63, 3.8) is 0 Å². The molecule has 0 spiro atoms. The minimum atomic E-state index is -0.253. The normalized spacial score (nSPS) is 22.4. The number of amides is 2. The Bertz CT molecular complexity index is 918. The monoisotopic (exact) mass is 467 g/mol. The van der Waals surface area contributed by atoms with E-state index in [-0.39, 0.29) is 17.9 Å². The summed E-state index contributed by atoms with van der Waals surface area (Å²) < 4.78 is 19.3. The zero-order chi connectivity index (χ0) is 24.1. The smallest absolute Gasteiger partial charge is 0.318 e. The van der Waals surface area contributed by atoms with Crippen LogP contribution in [0.5, 0.6) is 5.75 Å². The van der Waals surface area contributed by atoms with E-state index in [9.17, 15) is 9.18 Å². The van der Waals surface area contributed by atoms with Crippen molar-refractivity contribution in [2.24, 2.45) is 17.8 Å². The largest absolute Gasteiger partial charge is 0.493 e. The van der Waals surface area contributed by atoms with E-state index in [1.807, 2.05) is 29.2 Å². The van der Waals surface area contributed by atoms with Crippen molar-refractivity contribution in [2.75, 3.05) is 26.7 Å². The van der Waals surface area contributed by atoms with E-state index in [1.54, 1.807) is 12.1 Å². The van der Waals surface area contributed by atoms with Gasteiger partial charge in [0, 0.05) is 32.2 Å². The van der Waals surface area contributed by atoms with Gasteiger partial charge in [-0.2, -0.15) is 0 Å². The van der Waals surface area contributed by atoms with Gasteiger partial charge in [0.1, 0.15) is 11.6 Å². The number of fused-ring (bicyclic) bond motifs is 2. The Balaban J connectivity index is 1.46. The Labute approximate surface area is 203 Å². The molecule has 0 aromatic heterocycles. The molecule has 1 aliphatic heterocycles. The first-order valence-electron chi connectivity index (χ1n) is 12.6. The van der Waals surface area contributed by atoms with Crippen molar-refractivity contribution in [1.29, 1.82) is 0 Å². The van der Waals surface area contributed by atoms with Crippen LogP contribution in [-0.4, -0.2) is 48.6 Å². The molecule has 2 amide bonds. The summed E-state index contributed by atoms with van der Waals surface area (Å²) in [6.45, 7) is 7.94. The van der Waals surface area contributed by atoms with Crippen LogP contribution in [-0.2, 0) is 13.1 Å². The van der Waals surface area contributed by atoms with Gasteiger partial charge in [0.15, 0.2) is 0 Å². The van der Waals surface area contributed by atoms with Gasteiger partial charge < -0.3 is 19.9 Å². The second kappa shape index (κ2) is 11.2. The lowest BCUT2D eigenvalue weighted by Gasteiger charge is -2.50. The fraction of sp³-hybridized carbons (Fsp3) is 0.536. The van der Waals surface area contributed by atoms with Crippen molar-refractivity contribution in [3.05, 3.63) is 65.5 Å². The highest BCUT2D eigenvalue weighted by Crippen LogP contribution is 2.38. The number of piperidine rings is 1. The predicted molar refractivity (Wildman–Crippen MR) is 133 cm³/mol.